The molecule has 0 saturated heterocycles. The van der Waals surface area contributed by atoms with Crippen molar-refractivity contribution in [3.8, 4) is 0 Å². The predicted molar refractivity (Wildman–Crippen MR) is 38.6 cm³/mol. The van der Waals surface area contributed by atoms with Crippen molar-refractivity contribution in [1.82, 2.24) is 0 Å². The molecule has 0 N–H and O–H groups in total. The molecule has 0 aliphatic carbocycles. The number of hydrogen-bond donors (Lipinski definition) is 0. The molecule has 46 valence electrons. The Bertz CT molecular complexity index is 120. The van der Waals surface area contributed by atoms with Gasteiger partial charge in [-0.05, 0) is 19.4 Å². The highest BCUT2D eigenvalue weighted by Crippen LogP contribution is 2.03. The summed E-state index contributed by atoms with van der Waals surface area (Å²) in [6, 6.07) is 0. The van der Waals surface area contributed by atoms with Gasteiger partial charge < -0.3 is 0 Å². The molecule has 0 fully saturated rings. The average Bonchev–Trinajstić information content (AvgIpc) is 1.67. The first-order chi connectivity index (χ1) is 3.68. The van der Waals surface area contributed by atoms with Gasteiger partial charge in [-0.1, -0.05) is 11.6 Å². The van der Waals surface area contributed by atoms with Crippen LogP contribution in [-0.2, 0) is 0 Å². The number of rotatable bonds is 1. The van der Waals surface area contributed by atoms with Crippen LogP contribution < -0.4 is 0 Å². The molecule has 0 aromatic carbocycles. The second kappa shape index (κ2) is 3.67. The van der Waals surface area contributed by atoms with Crippen LogP contribution in [0.15, 0.2) is 15.6 Å². The summed E-state index contributed by atoms with van der Waals surface area (Å²) in [5.41, 5.74) is 1.02. The largest absolute Gasteiger partial charge is 0.296 e. The first-order valence-electron chi connectivity index (χ1n) is 2.43. The fraction of sp³-hybridized carbons (Fsp3) is 0.500. The van der Waals surface area contributed by atoms with E-state index in [0.29, 0.717) is 0 Å². The second-order valence-corrected chi connectivity index (χ2v) is 2.17. The highest BCUT2D eigenvalue weighted by atomic mass is 35.5. The zero-order chi connectivity index (χ0) is 6.57. The quantitative estimate of drug-likeness (QED) is 0.484. The van der Waals surface area contributed by atoms with E-state index in [9.17, 15) is 0 Å². The third-order valence-electron chi connectivity index (χ3n) is 0.866. The summed E-state index contributed by atoms with van der Waals surface area (Å²) in [7, 11) is 1.73. The average molecular weight is 132 g/mol. The lowest BCUT2D eigenvalue weighted by Crippen LogP contribution is -1.77. The Morgan fingerprint density at radius 3 is 2.12 bits per heavy atom. The number of hydrogen-bond acceptors (Lipinski definition) is 1. The van der Waals surface area contributed by atoms with E-state index in [1.165, 1.54) is 0 Å². The summed E-state index contributed by atoms with van der Waals surface area (Å²) in [5, 5.41) is 0.801. The van der Waals surface area contributed by atoms with E-state index in [1.54, 1.807) is 13.3 Å². The number of aliphatic imine (C=N–C) groups is 1. The summed E-state index contributed by atoms with van der Waals surface area (Å²) in [5.74, 6) is 0. The van der Waals surface area contributed by atoms with Gasteiger partial charge in [0.1, 0.15) is 0 Å². The Morgan fingerprint density at radius 2 is 2.00 bits per heavy atom. The van der Waals surface area contributed by atoms with Crippen LogP contribution >= 0.6 is 11.6 Å². The predicted octanol–water partition coefficient (Wildman–Crippen LogP) is 2.22. The molecule has 0 spiro atoms. The lowest BCUT2D eigenvalue weighted by Gasteiger charge is -1.88. The molecule has 2 heteroatoms. The van der Waals surface area contributed by atoms with E-state index in [1.807, 2.05) is 13.8 Å². The summed E-state index contributed by atoms with van der Waals surface area (Å²) in [6.07, 6.45) is 1.74. The number of halogens is 1. The van der Waals surface area contributed by atoms with Gasteiger partial charge in [-0.3, -0.25) is 4.99 Å². The highest BCUT2D eigenvalue weighted by molar-refractivity contribution is 6.30. The summed E-state index contributed by atoms with van der Waals surface area (Å²) < 4.78 is 0. The monoisotopic (exact) mass is 131 g/mol. The molecule has 0 aliphatic heterocycles. The fourth-order valence-electron chi connectivity index (χ4n) is 0.283. The molecule has 1 nitrogen and oxygen atoms in total. The van der Waals surface area contributed by atoms with Crippen LogP contribution in [0.1, 0.15) is 13.8 Å². The molecule has 0 amide bonds. The van der Waals surface area contributed by atoms with E-state index >= 15 is 0 Å². The number of nitrogens with zero attached hydrogens (tertiary/aromatic N) is 1. The van der Waals surface area contributed by atoms with E-state index in [0.717, 1.165) is 10.6 Å². The minimum absolute atomic E-state index is 0.801. The van der Waals surface area contributed by atoms with E-state index < -0.39 is 0 Å². The van der Waals surface area contributed by atoms with Crippen molar-refractivity contribution < 1.29 is 0 Å². The van der Waals surface area contributed by atoms with Gasteiger partial charge in [-0.25, -0.2) is 0 Å². The van der Waals surface area contributed by atoms with Gasteiger partial charge in [-0.15, -0.1) is 0 Å². The Kier molecular flexibility index (Phi) is 3.53. The van der Waals surface area contributed by atoms with Crippen molar-refractivity contribution in [1.29, 1.82) is 0 Å². The Balaban J connectivity index is 4.00. The minimum atomic E-state index is 0.801. The maximum Gasteiger partial charge on any atom is 0.0277 e. The van der Waals surface area contributed by atoms with Gasteiger partial charge in [0.05, 0.1) is 0 Å². The second-order valence-electron chi connectivity index (χ2n) is 1.60. The molecule has 0 unspecified atom stereocenters. The number of allylic oxidation sites excluding steroid dienone is 2. The third-order valence-corrected chi connectivity index (χ3v) is 1.16. The minimum Gasteiger partial charge on any atom is -0.296 e. The topological polar surface area (TPSA) is 12.4 Å². The zero-order valence-corrected chi connectivity index (χ0v) is 6.16. The van der Waals surface area contributed by atoms with E-state index in [4.69, 9.17) is 11.6 Å². The zero-order valence-electron chi connectivity index (χ0n) is 5.40. The van der Waals surface area contributed by atoms with Crippen molar-refractivity contribution in [3.05, 3.63) is 10.6 Å². The molecule has 0 heterocycles. The highest BCUT2D eigenvalue weighted by Gasteiger charge is 1.84. The van der Waals surface area contributed by atoms with Crippen LogP contribution in [0.4, 0.5) is 0 Å². The van der Waals surface area contributed by atoms with Crippen molar-refractivity contribution in [2.45, 2.75) is 13.8 Å². The molecule has 0 radical (unpaired) electrons. The lowest BCUT2D eigenvalue weighted by atomic mass is 10.3. The molecule has 0 rings (SSSR count). The van der Waals surface area contributed by atoms with Gasteiger partial charge in [-0.2, -0.15) is 0 Å². The van der Waals surface area contributed by atoms with Crippen LogP contribution in [0.2, 0.25) is 0 Å². The van der Waals surface area contributed by atoms with Gasteiger partial charge in [0.2, 0.25) is 0 Å². The molecule has 0 aromatic rings. The molecule has 8 heavy (non-hydrogen) atoms. The molecule has 0 aliphatic rings. The van der Waals surface area contributed by atoms with Crippen LogP contribution in [0.3, 0.4) is 0 Å². The van der Waals surface area contributed by atoms with Crippen molar-refractivity contribution in [3.63, 3.8) is 0 Å². The van der Waals surface area contributed by atoms with Crippen LogP contribution in [-0.4, -0.2) is 13.3 Å². The van der Waals surface area contributed by atoms with Gasteiger partial charge in [0.15, 0.2) is 0 Å². The molecule has 0 atom stereocenters. The SMILES string of the molecule is CN=CC(C)=C(C)Cl. The smallest absolute Gasteiger partial charge is 0.0277 e. The third kappa shape index (κ3) is 2.80. The van der Waals surface area contributed by atoms with Crippen LogP contribution in [0, 0.1) is 0 Å². The molecule has 0 bridgehead atoms. The van der Waals surface area contributed by atoms with Gasteiger partial charge in [0, 0.05) is 18.3 Å². The van der Waals surface area contributed by atoms with Gasteiger partial charge in [0.25, 0.3) is 0 Å². The Hall–Kier alpha value is -0.300. The maximum atomic E-state index is 5.60. The Labute approximate surface area is 55.1 Å². The molecule has 0 saturated carbocycles. The van der Waals surface area contributed by atoms with Crippen LogP contribution in [0.5, 0.6) is 0 Å². The van der Waals surface area contributed by atoms with Crippen molar-refractivity contribution in [2.24, 2.45) is 4.99 Å². The summed E-state index contributed by atoms with van der Waals surface area (Å²) >= 11 is 5.60. The first-order valence-corrected chi connectivity index (χ1v) is 2.81. The molecule has 0 aromatic heterocycles. The fourth-order valence-corrected chi connectivity index (χ4v) is 0.331. The maximum absolute atomic E-state index is 5.60. The van der Waals surface area contributed by atoms with Crippen molar-refractivity contribution >= 4 is 17.8 Å². The van der Waals surface area contributed by atoms with E-state index in [2.05, 4.69) is 4.99 Å². The molecular formula is C6H10ClN. The van der Waals surface area contributed by atoms with Gasteiger partial charge >= 0.3 is 0 Å². The van der Waals surface area contributed by atoms with E-state index in [-0.39, 0.29) is 0 Å². The standard InChI is InChI=1S/C6H10ClN/c1-5(4-8-3)6(2)7/h4H,1-3H3. The lowest BCUT2D eigenvalue weighted by molar-refractivity contribution is 1.42. The normalized spacial score (nSPS) is 14.5. The Morgan fingerprint density at radius 1 is 1.50 bits per heavy atom. The van der Waals surface area contributed by atoms with Crippen LogP contribution in [0.25, 0.3) is 0 Å². The summed E-state index contributed by atoms with van der Waals surface area (Å²) in [4.78, 5) is 3.79. The summed E-state index contributed by atoms with van der Waals surface area (Å²) in [6.45, 7) is 3.77. The molecular weight excluding hydrogens is 122 g/mol. The first kappa shape index (κ1) is 7.70. The van der Waals surface area contributed by atoms with Crippen molar-refractivity contribution in [2.75, 3.05) is 7.05 Å².